The zero-order chi connectivity index (χ0) is 14.8. The molecule has 3 heterocycles. The van der Waals surface area contributed by atoms with Crippen LogP contribution in [0.5, 0.6) is 0 Å². The van der Waals surface area contributed by atoms with Crippen LogP contribution in [-0.2, 0) is 11.2 Å². The fourth-order valence-corrected chi connectivity index (χ4v) is 3.22. The van der Waals surface area contributed by atoms with Crippen LogP contribution in [0.4, 0.5) is 10.9 Å². The molecule has 1 amide bonds. The summed E-state index contributed by atoms with van der Waals surface area (Å²) in [4.78, 5) is 17.8. The lowest BCUT2D eigenvalue weighted by Gasteiger charge is -2.14. The summed E-state index contributed by atoms with van der Waals surface area (Å²) in [6, 6.07) is 2.13. The van der Waals surface area contributed by atoms with Gasteiger partial charge in [0.2, 0.25) is 11.0 Å². The summed E-state index contributed by atoms with van der Waals surface area (Å²) in [6.07, 6.45) is 3.80. The molecule has 0 radical (unpaired) electrons. The van der Waals surface area contributed by atoms with Crippen molar-refractivity contribution in [1.29, 1.82) is 0 Å². The van der Waals surface area contributed by atoms with E-state index in [9.17, 15) is 4.79 Å². The van der Waals surface area contributed by atoms with Gasteiger partial charge in [0, 0.05) is 50.2 Å². The number of hydrogen-bond donors (Lipinski definition) is 1. The highest BCUT2D eigenvalue weighted by molar-refractivity contribution is 7.09. The molecule has 8 heteroatoms. The van der Waals surface area contributed by atoms with Crippen molar-refractivity contribution in [1.82, 2.24) is 19.1 Å². The number of carbonyl (C=O) groups excluding carboxylic acids is 1. The van der Waals surface area contributed by atoms with Crippen LogP contribution in [0.3, 0.4) is 0 Å². The van der Waals surface area contributed by atoms with Crippen LogP contribution in [0.1, 0.15) is 32.1 Å². The summed E-state index contributed by atoms with van der Waals surface area (Å²) in [5.41, 5.74) is 0. The number of aromatic nitrogens is 4. The summed E-state index contributed by atoms with van der Waals surface area (Å²) in [5.74, 6) is 1.41. The molecule has 0 aliphatic carbocycles. The number of amides is 1. The Bertz CT molecular complexity index is 636. The molecule has 0 spiro atoms. The van der Waals surface area contributed by atoms with Gasteiger partial charge in [0.25, 0.3) is 0 Å². The first-order chi connectivity index (χ1) is 10.2. The minimum atomic E-state index is -0.103. The maximum absolute atomic E-state index is 11.0. The van der Waals surface area contributed by atoms with Gasteiger partial charge < -0.3 is 10.2 Å². The fraction of sp³-hybridized carbons (Fsp3) is 0.538. The molecule has 1 atom stereocenters. The molecule has 112 valence electrons. The van der Waals surface area contributed by atoms with Crippen LogP contribution >= 0.6 is 11.5 Å². The lowest BCUT2D eigenvalue weighted by atomic mass is 10.3. The summed E-state index contributed by atoms with van der Waals surface area (Å²) < 4.78 is 6.26. The van der Waals surface area contributed by atoms with Crippen molar-refractivity contribution >= 4 is 28.4 Å². The molecular weight excluding hydrogens is 288 g/mol. The van der Waals surface area contributed by atoms with E-state index in [4.69, 9.17) is 0 Å². The smallest absolute Gasteiger partial charge is 0.222 e. The Hall–Kier alpha value is -1.96. The zero-order valence-corrected chi connectivity index (χ0v) is 12.9. The Morgan fingerprint density at radius 1 is 1.57 bits per heavy atom. The maximum atomic E-state index is 11.0. The predicted octanol–water partition coefficient (Wildman–Crippen LogP) is 1.71. The summed E-state index contributed by atoms with van der Waals surface area (Å²) in [6.45, 7) is 5.38. The van der Waals surface area contributed by atoms with Crippen LogP contribution in [0.25, 0.3) is 0 Å². The molecule has 7 nitrogen and oxygen atoms in total. The van der Waals surface area contributed by atoms with E-state index >= 15 is 0 Å². The highest BCUT2D eigenvalue weighted by atomic mass is 32.1. The molecule has 21 heavy (non-hydrogen) atoms. The van der Waals surface area contributed by atoms with Gasteiger partial charge in [-0.1, -0.05) is 6.92 Å². The molecule has 1 aliphatic heterocycles. The number of rotatable bonds is 4. The van der Waals surface area contributed by atoms with E-state index in [1.54, 1.807) is 0 Å². The number of aryl methyl sites for hydroxylation is 1. The Morgan fingerprint density at radius 3 is 3.14 bits per heavy atom. The third kappa shape index (κ3) is 3.05. The minimum Gasteiger partial charge on any atom is -0.345 e. The summed E-state index contributed by atoms with van der Waals surface area (Å²) in [5, 5.41) is 8.09. The summed E-state index contributed by atoms with van der Waals surface area (Å²) >= 11 is 1.46. The van der Waals surface area contributed by atoms with Crippen molar-refractivity contribution in [2.75, 3.05) is 23.3 Å². The van der Waals surface area contributed by atoms with Gasteiger partial charge in [0.15, 0.2) is 5.82 Å². The van der Waals surface area contributed by atoms with E-state index in [1.807, 2.05) is 16.9 Å². The monoisotopic (exact) mass is 306 g/mol. The van der Waals surface area contributed by atoms with Gasteiger partial charge >= 0.3 is 0 Å². The molecule has 1 saturated heterocycles. The third-order valence-electron chi connectivity index (χ3n) is 3.49. The van der Waals surface area contributed by atoms with Gasteiger partial charge in [-0.15, -0.1) is 0 Å². The molecule has 0 aromatic carbocycles. The normalized spacial score (nSPS) is 18.2. The van der Waals surface area contributed by atoms with Crippen molar-refractivity contribution in [3.63, 3.8) is 0 Å². The Morgan fingerprint density at radius 2 is 2.43 bits per heavy atom. The van der Waals surface area contributed by atoms with E-state index < -0.39 is 0 Å². The van der Waals surface area contributed by atoms with E-state index in [0.717, 1.165) is 36.9 Å². The number of nitrogens with zero attached hydrogens (tertiary/aromatic N) is 5. The highest BCUT2D eigenvalue weighted by Crippen LogP contribution is 2.28. The van der Waals surface area contributed by atoms with Crippen molar-refractivity contribution in [2.24, 2.45) is 0 Å². The van der Waals surface area contributed by atoms with Gasteiger partial charge in [0.05, 0.1) is 6.04 Å². The van der Waals surface area contributed by atoms with Crippen LogP contribution < -0.4 is 10.2 Å². The highest BCUT2D eigenvalue weighted by Gasteiger charge is 2.26. The maximum Gasteiger partial charge on any atom is 0.222 e. The summed E-state index contributed by atoms with van der Waals surface area (Å²) in [7, 11) is 0. The van der Waals surface area contributed by atoms with Crippen molar-refractivity contribution in [3.05, 3.63) is 18.1 Å². The largest absolute Gasteiger partial charge is 0.345 e. The van der Waals surface area contributed by atoms with Crippen LogP contribution in [0, 0.1) is 0 Å². The Kier molecular flexibility index (Phi) is 3.87. The molecule has 1 aliphatic rings. The second-order valence-electron chi connectivity index (χ2n) is 5.10. The fourth-order valence-electron chi connectivity index (χ4n) is 2.44. The Balaban J connectivity index is 1.66. The van der Waals surface area contributed by atoms with E-state index in [-0.39, 0.29) is 5.91 Å². The van der Waals surface area contributed by atoms with Crippen molar-refractivity contribution in [2.45, 2.75) is 32.7 Å². The molecule has 0 bridgehead atoms. The first-order valence-corrected chi connectivity index (χ1v) is 7.83. The molecule has 0 saturated carbocycles. The molecule has 1 fully saturated rings. The zero-order valence-electron chi connectivity index (χ0n) is 12.1. The van der Waals surface area contributed by atoms with Crippen molar-refractivity contribution in [3.8, 4) is 0 Å². The second kappa shape index (κ2) is 5.80. The first-order valence-electron chi connectivity index (χ1n) is 7.06. The second-order valence-corrected chi connectivity index (χ2v) is 5.83. The molecule has 1 N–H and O–H groups in total. The SMILES string of the molecule is CCc1nsc(N2CCC(n3ccc(NC(C)=O)n3)C2)n1. The first kappa shape index (κ1) is 14.0. The quantitative estimate of drug-likeness (QED) is 0.930. The van der Waals surface area contributed by atoms with Gasteiger partial charge in [0.1, 0.15) is 5.82 Å². The number of hydrogen-bond acceptors (Lipinski definition) is 6. The standard InChI is InChI=1S/C13H18N6OS/c1-3-11-15-13(21-17-11)18-6-4-10(8-18)19-7-5-12(16-19)14-9(2)20/h5,7,10H,3-4,6,8H2,1-2H3,(H,14,16,20). The van der Waals surface area contributed by atoms with E-state index in [0.29, 0.717) is 11.9 Å². The molecule has 1 unspecified atom stereocenters. The van der Waals surface area contributed by atoms with Gasteiger partial charge in [-0.05, 0) is 6.42 Å². The lowest BCUT2D eigenvalue weighted by molar-refractivity contribution is -0.114. The van der Waals surface area contributed by atoms with Crippen LogP contribution in [0.2, 0.25) is 0 Å². The van der Waals surface area contributed by atoms with Gasteiger partial charge in [-0.25, -0.2) is 4.98 Å². The van der Waals surface area contributed by atoms with Crippen LogP contribution in [0.15, 0.2) is 12.3 Å². The lowest BCUT2D eigenvalue weighted by Crippen LogP contribution is -2.21. The number of anilines is 2. The average molecular weight is 306 g/mol. The molecular formula is C13H18N6OS. The molecule has 2 aromatic rings. The number of carbonyl (C=O) groups is 1. The van der Waals surface area contributed by atoms with Crippen LogP contribution in [-0.4, -0.2) is 38.1 Å². The average Bonchev–Trinajstić information content (AvgIpc) is 3.17. The van der Waals surface area contributed by atoms with Crippen molar-refractivity contribution < 1.29 is 4.79 Å². The van der Waals surface area contributed by atoms with E-state index in [1.165, 1.54) is 18.5 Å². The Labute approximate surface area is 127 Å². The topological polar surface area (TPSA) is 75.9 Å². The molecule has 2 aromatic heterocycles. The number of nitrogens with one attached hydrogen (secondary N) is 1. The third-order valence-corrected chi connectivity index (χ3v) is 4.31. The van der Waals surface area contributed by atoms with E-state index in [2.05, 4.69) is 31.6 Å². The minimum absolute atomic E-state index is 0.103. The van der Waals surface area contributed by atoms with Gasteiger partial charge in [-0.3, -0.25) is 9.48 Å². The molecule has 3 rings (SSSR count). The predicted molar refractivity (Wildman–Crippen MR) is 81.7 cm³/mol. The van der Waals surface area contributed by atoms with Gasteiger partial charge in [-0.2, -0.15) is 9.47 Å².